The van der Waals surface area contributed by atoms with Crippen molar-refractivity contribution < 1.29 is 9.90 Å². The number of rotatable bonds is 3. The summed E-state index contributed by atoms with van der Waals surface area (Å²) < 4.78 is 0. The van der Waals surface area contributed by atoms with Gasteiger partial charge in [0.1, 0.15) is 5.54 Å². The van der Waals surface area contributed by atoms with Gasteiger partial charge in [-0.05, 0) is 29.9 Å². The Morgan fingerprint density at radius 2 is 2.05 bits per heavy atom. The molecule has 3 rings (SSSR count). The molecule has 100 valence electrons. The molecule has 2 heterocycles. The van der Waals surface area contributed by atoms with E-state index in [2.05, 4.69) is 5.43 Å². The van der Waals surface area contributed by atoms with Gasteiger partial charge in [0.15, 0.2) is 0 Å². The maximum atomic E-state index is 10.9. The normalized spacial score (nSPS) is 24.0. The van der Waals surface area contributed by atoms with Crippen LogP contribution in [0.3, 0.4) is 0 Å². The van der Waals surface area contributed by atoms with Gasteiger partial charge in [-0.2, -0.15) is 0 Å². The van der Waals surface area contributed by atoms with Gasteiger partial charge in [0.2, 0.25) is 0 Å². The van der Waals surface area contributed by atoms with E-state index in [9.17, 15) is 4.79 Å². The topological polar surface area (TPSA) is 52.6 Å². The zero-order chi connectivity index (χ0) is 14.0. The molecule has 0 spiro atoms. The lowest BCUT2D eigenvalue weighted by Gasteiger charge is -2.28. The van der Waals surface area contributed by atoms with Gasteiger partial charge in [0.05, 0.1) is 5.70 Å². The maximum absolute atomic E-state index is 10.9. The summed E-state index contributed by atoms with van der Waals surface area (Å²) in [5.41, 5.74) is 4.67. The van der Waals surface area contributed by atoms with Crippen molar-refractivity contribution in [2.24, 2.45) is 0 Å². The highest BCUT2D eigenvalue weighted by molar-refractivity contribution is 5.80. The molecule has 2 N–H and O–H groups in total. The van der Waals surface area contributed by atoms with Gasteiger partial charge in [-0.25, -0.2) is 10.2 Å². The minimum atomic E-state index is -0.962. The largest absolute Gasteiger partial charge is 0.478 e. The number of fused-ring (bicyclic) bond motifs is 1. The standard InChI is InChI=1S/C16H14N2O2/c19-15(20)9-10-16(13-6-2-1-3-7-13)12-14-8-4-5-11-18(14)17-16/h1-12,17H,(H,19,20). The summed E-state index contributed by atoms with van der Waals surface area (Å²) in [6, 6.07) is 9.77. The first kappa shape index (κ1) is 12.4. The molecule has 0 saturated heterocycles. The summed E-state index contributed by atoms with van der Waals surface area (Å²) in [6.45, 7) is 0. The lowest BCUT2D eigenvalue weighted by molar-refractivity contribution is -0.131. The van der Waals surface area contributed by atoms with Crippen LogP contribution in [0.2, 0.25) is 0 Å². The molecule has 1 unspecified atom stereocenters. The molecular weight excluding hydrogens is 252 g/mol. The molecule has 2 aliphatic heterocycles. The van der Waals surface area contributed by atoms with Crippen molar-refractivity contribution in [2.45, 2.75) is 5.54 Å². The van der Waals surface area contributed by atoms with E-state index < -0.39 is 11.5 Å². The Hall–Kier alpha value is -2.59. The van der Waals surface area contributed by atoms with Gasteiger partial charge >= 0.3 is 5.97 Å². The van der Waals surface area contributed by atoms with Crippen molar-refractivity contribution in [1.29, 1.82) is 0 Å². The molecule has 4 nitrogen and oxygen atoms in total. The van der Waals surface area contributed by atoms with Crippen molar-refractivity contribution in [1.82, 2.24) is 10.4 Å². The number of hydrazine groups is 1. The van der Waals surface area contributed by atoms with Crippen molar-refractivity contribution in [3.8, 4) is 0 Å². The van der Waals surface area contributed by atoms with Gasteiger partial charge in [-0.3, -0.25) is 5.01 Å². The van der Waals surface area contributed by atoms with Crippen LogP contribution in [0.15, 0.2) is 78.7 Å². The third kappa shape index (κ3) is 2.17. The third-order valence-electron chi connectivity index (χ3n) is 3.31. The minimum Gasteiger partial charge on any atom is -0.478 e. The Bertz CT molecular complexity index is 644. The summed E-state index contributed by atoms with van der Waals surface area (Å²) in [5.74, 6) is -0.962. The highest BCUT2D eigenvalue weighted by Gasteiger charge is 2.35. The summed E-state index contributed by atoms with van der Waals surface area (Å²) in [6.07, 6.45) is 12.6. The second-order valence-electron chi connectivity index (χ2n) is 4.66. The van der Waals surface area contributed by atoms with E-state index in [4.69, 9.17) is 5.11 Å². The van der Waals surface area contributed by atoms with Crippen molar-refractivity contribution in [3.63, 3.8) is 0 Å². The quantitative estimate of drug-likeness (QED) is 0.824. The lowest BCUT2D eigenvalue weighted by atomic mass is 9.90. The first-order chi connectivity index (χ1) is 9.70. The SMILES string of the molecule is O=C(O)C=CC1(c2ccccc2)C=C2C=CC=CN2N1. The Balaban J connectivity index is 2.07. The van der Waals surface area contributed by atoms with Gasteiger partial charge in [-0.15, -0.1) is 0 Å². The number of nitrogens with zero attached hydrogens (tertiary/aromatic N) is 1. The van der Waals surface area contributed by atoms with Crippen LogP contribution in [0.5, 0.6) is 0 Å². The van der Waals surface area contributed by atoms with Gasteiger partial charge < -0.3 is 5.11 Å². The Morgan fingerprint density at radius 1 is 1.25 bits per heavy atom. The van der Waals surface area contributed by atoms with Crippen LogP contribution < -0.4 is 5.43 Å². The number of hydrogen-bond acceptors (Lipinski definition) is 3. The highest BCUT2D eigenvalue weighted by Crippen LogP contribution is 2.34. The molecule has 2 aliphatic rings. The molecule has 1 atom stereocenters. The average Bonchev–Trinajstić information content (AvgIpc) is 2.86. The zero-order valence-corrected chi connectivity index (χ0v) is 10.7. The monoisotopic (exact) mass is 266 g/mol. The summed E-state index contributed by atoms with van der Waals surface area (Å²) >= 11 is 0. The molecular formula is C16H14N2O2. The van der Waals surface area contributed by atoms with Crippen LogP contribution >= 0.6 is 0 Å². The second kappa shape index (κ2) is 4.83. The molecule has 1 aromatic rings. The first-order valence-corrected chi connectivity index (χ1v) is 6.32. The molecule has 20 heavy (non-hydrogen) atoms. The van der Waals surface area contributed by atoms with Crippen LogP contribution in [0.25, 0.3) is 0 Å². The average molecular weight is 266 g/mol. The number of carbonyl (C=O) groups is 1. The summed E-state index contributed by atoms with van der Waals surface area (Å²) in [4.78, 5) is 10.9. The van der Waals surface area contributed by atoms with Gasteiger partial charge in [-0.1, -0.05) is 36.4 Å². The van der Waals surface area contributed by atoms with Gasteiger partial charge in [0, 0.05) is 12.3 Å². The fourth-order valence-electron chi connectivity index (χ4n) is 2.39. The van der Waals surface area contributed by atoms with E-state index in [0.29, 0.717) is 0 Å². The predicted molar refractivity (Wildman–Crippen MR) is 76.2 cm³/mol. The molecule has 0 radical (unpaired) electrons. The summed E-state index contributed by atoms with van der Waals surface area (Å²) in [5, 5.41) is 10.8. The molecule has 0 amide bonds. The van der Waals surface area contributed by atoms with Crippen molar-refractivity contribution >= 4 is 5.97 Å². The maximum Gasteiger partial charge on any atom is 0.328 e. The Labute approximate surface area is 117 Å². The van der Waals surface area contributed by atoms with E-state index in [-0.39, 0.29) is 0 Å². The van der Waals surface area contributed by atoms with Crippen LogP contribution in [-0.4, -0.2) is 16.1 Å². The fourth-order valence-corrected chi connectivity index (χ4v) is 2.39. The molecule has 0 saturated carbocycles. The fraction of sp³-hybridized carbons (Fsp3) is 0.0625. The van der Waals surface area contributed by atoms with Crippen molar-refractivity contribution in [2.75, 3.05) is 0 Å². The van der Waals surface area contributed by atoms with Crippen LogP contribution in [0, 0.1) is 0 Å². The van der Waals surface area contributed by atoms with Crippen LogP contribution in [-0.2, 0) is 10.3 Å². The van der Waals surface area contributed by atoms with Crippen molar-refractivity contribution in [3.05, 3.63) is 84.2 Å². The molecule has 4 heteroatoms. The van der Waals surface area contributed by atoms with Gasteiger partial charge in [0.25, 0.3) is 0 Å². The van der Waals surface area contributed by atoms with Crippen LogP contribution in [0.1, 0.15) is 5.56 Å². The molecule has 0 aliphatic carbocycles. The lowest BCUT2D eigenvalue weighted by Crippen LogP contribution is -2.41. The summed E-state index contributed by atoms with van der Waals surface area (Å²) in [7, 11) is 0. The molecule has 1 aromatic carbocycles. The number of allylic oxidation sites excluding steroid dienone is 3. The number of hydrogen-bond donors (Lipinski definition) is 2. The smallest absolute Gasteiger partial charge is 0.328 e. The highest BCUT2D eigenvalue weighted by atomic mass is 16.4. The minimum absolute atomic E-state index is 0.645. The molecule has 0 fully saturated rings. The number of carboxylic acid groups (broad SMARTS) is 1. The van der Waals surface area contributed by atoms with Crippen LogP contribution in [0.4, 0.5) is 0 Å². The van der Waals surface area contributed by atoms with E-state index >= 15 is 0 Å². The van der Waals surface area contributed by atoms with E-state index in [1.54, 1.807) is 6.08 Å². The predicted octanol–water partition coefficient (Wildman–Crippen LogP) is 2.31. The number of benzene rings is 1. The number of carboxylic acids is 1. The second-order valence-corrected chi connectivity index (χ2v) is 4.66. The molecule has 0 aromatic heterocycles. The third-order valence-corrected chi connectivity index (χ3v) is 3.31. The molecule has 0 bridgehead atoms. The number of nitrogens with one attached hydrogen (secondary N) is 1. The van der Waals surface area contributed by atoms with E-state index in [1.807, 2.05) is 65.8 Å². The van der Waals surface area contributed by atoms with E-state index in [0.717, 1.165) is 11.3 Å². The Morgan fingerprint density at radius 3 is 2.75 bits per heavy atom. The number of aliphatic carboxylic acids is 1. The first-order valence-electron chi connectivity index (χ1n) is 6.32. The van der Waals surface area contributed by atoms with E-state index in [1.165, 1.54) is 6.08 Å². The Kier molecular flexibility index (Phi) is 3.00. The zero-order valence-electron chi connectivity index (χ0n) is 10.7.